The number of ether oxygens (including phenoxy) is 1. The van der Waals surface area contributed by atoms with Crippen LogP contribution in [0.2, 0.25) is 0 Å². The highest BCUT2D eigenvalue weighted by atomic mass is 19.3. The Bertz CT molecular complexity index is 366. The second kappa shape index (κ2) is 2.90. The van der Waals surface area contributed by atoms with Crippen molar-refractivity contribution in [2.45, 2.75) is 12.1 Å². The third kappa shape index (κ3) is 1.25. The van der Waals surface area contributed by atoms with Crippen LogP contribution in [0.15, 0.2) is 18.2 Å². The fourth-order valence-electron chi connectivity index (χ4n) is 1.51. The second-order valence-electron chi connectivity index (χ2n) is 3.24. The van der Waals surface area contributed by atoms with Gasteiger partial charge in [-0.15, -0.1) is 0 Å². The molecule has 3 nitrogen and oxygen atoms in total. The first kappa shape index (κ1) is 9.36. The van der Waals surface area contributed by atoms with Gasteiger partial charge in [0.15, 0.2) is 6.61 Å². The summed E-state index contributed by atoms with van der Waals surface area (Å²) >= 11 is 0. The van der Waals surface area contributed by atoms with Crippen molar-refractivity contribution in [3.63, 3.8) is 0 Å². The molecule has 0 aliphatic carbocycles. The van der Waals surface area contributed by atoms with Crippen LogP contribution < -0.4 is 16.2 Å². The number of rotatable bonds is 1. The van der Waals surface area contributed by atoms with Crippen molar-refractivity contribution in [1.29, 1.82) is 0 Å². The minimum Gasteiger partial charge on any atom is -0.486 e. The van der Waals surface area contributed by atoms with E-state index in [0.717, 1.165) is 0 Å². The molecule has 0 unspecified atom stereocenters. The number of alkyl halides is 2. The van der Waals surface area contributed by atoms with Crippen LogP contribution in [0.5, 0.6) is 5.75 Å². The first-order chi connectivity index (χ1) is 6.52. The van der Waals surface area contributed by atoms with E-state index in [4.69, 9.17) is 16.2 Å². The van der Waals surface area contributed by atoms with E-state index in [2.05, 4.69) is 0 Å². The summed E-state index contributed by atoms with van der Waals surface area (Å²) < 4.78 is 31.2. The summed E-state index contributed by atoms with van der Waals surface area (Å²) in [5, 5.41) is 0. The molecule has 1 aliphatic heterocycles. The standard InChI is InChI=1S/C9H10F2N2O/c10-9(11)4-14-7-5(8(12)13)2-1-3-6(7)9/h1-3,8H,4,12-13H2. The van der Waals surface area contributed by atoms with Gasteiger partial charge in [-0.25, -0.2) is 0 Å². The lowest BCUT2D eigenvalue weighted by atomic mass is 10.0. The predicted octanol–water partition coefficient (Wildman–Crippen LogP) is 1.09. The Morgan fingerprint density at radius 1 is 1.36 bits per heavy atom. The van der Waals surface area contributed by atoms with E-state index in [9.17, 15) is 8.78 Å². The number of nitrogens with two attached hydrogens (primary N) is 2. The summed E-state index contributed by atoms with van der Waals surface area (Å²) in [7, 11) is 0. The Hall–Kier alpha value is -1.20. The maximum absolute atomic E-state index is 13.2. The van der Waals surface area contributed by atoms with E-state index in [1.165, 1.54) is 12.1 Å². The number of benzene rings is 1. The lowest BCUT2D eigenvalue weighted by Gasteiger charge is -2.10. The second-order valence-corrected chi connectivity index (χ2v) is 3.24. The van der Waals surface area contributed by atoms with Crippen molar-refractivity contribution < 1.29 is 13.5 Å². The Morgan fingerprint density at radius 3 is 2.71 bits per heavy atom. The van der Waals surface area contributed by atoms with E-state index in [1.54, 1.807) is 6.07 Å². The molecule has 14 heavy (non-hydrogen) atoms. The fraction of sp³-hybridized carbons (Fsp3) is 0.333. The molecule has 0 aromatic heterocycles. The van der Waals surface area contributed by atoms with Gasteiger partial charge < -0.3 is 16.2 Å². The number of halogens is 2. The molecule has 0 saturated heterocycles. The van der Waals surface area contributed by atoms with Crippen molar-refractivity contribution >= 4 is 0 Å². The van der Waals surface area contributed by atoms with Gasteiger partial charge in [-0.05, 0) is 6.07 Å². The van der Waals surface area contributed by atoms with Crippen molar-refractivity contribution in [3.05, 3.63) is 29.3 Å². The van der Waals surface area contributed by atoms with Crippen molar-refractivity contribution in [2.24, 2.45) is 11.5 Å². The molecule has 0 saturated carbocycles. The molecule has 1 aliphatic rings. The first-order valence-corrected chi connectivity index (χ1v) is 4.17. The van der Waals surface area contributed by atoms with E-state index >= 15 is 0 Å². The summed E-state index contributed by atoms with van der Waals surface area (Å²) in [4.78, 5) is 0. The molecular weight excluding hydrogens is 190 g/mol. The number of para-hydroxylation sites is 1. The molecule has 5 heteroatoms. The maximum atomic E-state index is 13.2. The van der Waals surface area contributed by atoms with Gasteiger partial charge in [0, 0.05) is 5.56 Å². The first-order valence-electron chi connectivity index (χ1n) is 4.17. The lowest BCUT2D eigenvalue weighted by molar-refractivity contribution is -0.0214. The zero-order chi connectivity index (χ0) is 10.3. The SMILES string of the molecule is NC(N)c1cccc2c1OCC2(F)F. The van der Waals surface area contributed by atoms with Crippen LogP contribution in [0, 0.1) is 0 Å². The van der Waals surface area contributed by atoms with Crippen molar-refractivity contribution in [1.82, 2.24) is 0 Å². The van der Waals surface area contributed by atoms with Crippen LogP contribution >= 0.6 is 0 Å². The zero-order valence-electron chi connectivity index (χ0n) is 7.34. The Labute approximate surface area is 79.6 Å². The molecule has 0 bridgehead atoms. The largest absolute Gasteiger partial charge is 0.486 e. The molecule has 0 amide bonds. The average molecular weight is 200 g/mol. The van der Waals surface area contributed by atoms with Crippen molar-refractivity contribution in [2.75, 3.05) is 6.61 Å². The van der Waals surface area contributed by atoms with Gasteiger partial charge in [0.25, 0.3) is 0 Å². The normalized spacial score (nSPS) is 18.1. The van der Waals surface area contributed by atoms with Crippen LogP contribution in [0.4, 0.5) is 8.78 Å². The smallest absolute Gasteiger partial charge is 0.310 e. The summed E-state index contributed by atoms with van der Waals surface area (Å²) in [5.74, 6) is -2.80. The van der Waals surface area contributed by atoms with Crippen molar-refractivity contribution in [3.8, 4) is 5.75 Å². The number of hydrogen-bond donors (Lipinski definition) is 2. The van der Waals surface area contributed by atoms with E-state index < -0.39 is 18.7 Å². The van der Waals surface area contributed by atoms with E-state index in [0.29, 0.717) is 5.56 Å². The van der Waals surface area contributed by atoms with E-state index in [-0.39, 0.29) is 11.3 Å². The molecule has 0 radical (unpaired) electrons. The Kier molecular flexibility index (Phi) is 1.94. The number of hydrogen-bond acceptors (Lipinski definition) is 3. The molecule has 1 aromatic rings. The van der Waals surface area contributed by atoms with Gasteiger partial charge in [-0.3, -0.25) is 0 Å². The summed E-state index contributed by atoms with van der Waals surface area (Å²) in [6.45, 7) is -0.633. The highest BCUT2D eigenvalue weighted by Gasteiger charge is 2.42. The molecule has 1 aromatic carbocycles. The van der Waals surface area contributed by atoms with Crippen LogP contribution in [-0.2, 0) is 5.92 Å². The van der Waals surface area contributed by atoms with Gasteiger partial charge in [0.1, 0.15) is 5.75 Å². The van der Waals surface area contributed by atoms with Crippen LogP contribution in [0.1, 0.15) is 17.3 Å². The molecule has 0 fully saturated rings. The molecule has 4 N–H and O–H groups in total. The third-order valence-corrected chi connectivity index (χ3v) is 2.20. The van der Waals surface area contributed by atoms with Crippen LogP contribution in [-0.4, -0.2) is 6.61 Å². The van der Waals surface area contributed by atoms with Gasteiger partial charge in [0.05, 0.1) is 11.7 Å². The molecule has 2 rings (SSSR count). The highest BCUT2D eigenvalue weighted by molar-refractivity contribution is 5.47. The van der Waals surface area contributed by atoms with Crippen LogP contribution in [0.3, 0.4) is 0 Å². The lowest BCUT2D eigenvalue weighted by Crippen LogP contribution is -2.20. The van der Waals surface area contributed by atoms with Crippen LogP contribution in [0.25, 0.3) is 0 Å². The Morgan fingerprint density at radius 2 is 2.07 bits per heavy atom. The topological polar surface area (TPSA) is 61.3 Å². The third-order valence-electron chi connectivity index (χ3n) is 2.20. The van der Waals surface area contributed by atoms with E-state index in [1.807, 2.05) is 0 Å². The minimum atomic E-state index is -2.93. The zero-order valence-corrected chi connectivity index (χ0v) is 7.34. The monoisotopic (exact) mass is 200 g/mol. The summed E-state index contributed by atoms with van der Waals surface area (Å²) in [5.41, 5.74) is 11.1. The Balaban J connectivity index is 2.56. The highest BCUT2D eigenvalue weighted by Crippen LogP contribution is 2.43. The molecule has 0 atom stereocenters. The van der Waals surface area contributed by atoms with Gasteiger partial charge in [0.2, 0.25) is 0 Å². The average Bonchev–Trinajstić information content (AvgIpc) is 2.42. The minimum absolute atomic E-state index is 0.129. The van der Waals surface area contributed by atoms with Gasteiger partial charge in [-0.1, -0.05) is 12.1 Å². The molecule has 76 valence electrons. The summed E-state index contributed by atoms with van der Waals surface area (Å²) in [6, 6.07) is 4.42. The van der Waals surface area contributed by atoms with Gasteiger partial charge in [-0.2, -0.15) is 8.78 Å². The predicted molar refractivity (Wildman–Crippen MR) is 46.9 cm³/mol. The quantitative estimate of drug-likeness (QED) is 0.667. The molecule has 1 heterocycles. The fourth-order valence-corrected chi connectivity index (χ4v) is 1.51. The van der Waals surface area contributed by atoms with Gasteiger partial charge >= 0.3 is 5.92 Å². The molecule has 0 spiro atoms. The maximum Gasteiger partial charge on any atom is 0.310 e. The summed E-state index contributed by atoms with van der Waals surface area (Å²) in [6.07, 6.45) is -0.793. The number of fused-ring (bicyclic) bond motifs is 1. The molecular formula is C9H10F2N2O.